The lowest BCUT2D eigenvalue weighted by Gasteiger charge is -2.35. The maximum absolute atomic E-state index is 11.9. The highest BCUT2D eigenvalue weighted by Crippen LogP contribution is 2.37. The van der Waals surface area contributed by atoms with Crippen LogP contribution in [0.15, 0.2) is 14.9 Å². The first-order chi connectivity index (χ1) is 15.4. The Hall–Kier alpha value is -2.41. The van der Waals surface area contributed by atoms with Crippen molar-refractivity contribution in [2.45, 2.75) is 29.8 Å². The van der Waals surface area contributed by atoms with Crippen LogP contribution in [0.2, 0.25) is 5.02 Å². The molecule has 1 fully saturated rings. The number of aromatic nitrogens is 4. The zero-order valence-corrected chi connectivity index (χ0v) is 20.2. The van der Waals surface area contributed by atoms with Crippen molar-refractivity contribution in [1.29, 1.82) is 0 Å². The van der Waals surface area contributed by atoms with Gasteiger partial charge in [-0.05, 0) is 18.2 Å². The number of aryl methyl sites for hydroxylation is 1. The topological polar surface area (TPSA) is 116 Å². The minimum atomic E-state index is -0.417. The van der Waals surface area contributed by atoms with Crippen LogP contribution in [0, 0.1) is 0 Å². The zero-order valence-electron chi connectivity index (χ0n) is 17.8. The molecule has 1 aliphatic rings. The fourth-order valence-corrected chi connectivity index (χ4v) is 5.46. The van der Waals surface area contributed by atoms with E-state index in [1.54, 1.807) is 12.3 Å². The molecule has 0 saturated carbocycles. The smallest absolute Gasteiger partial charge is 0.294 e. The van der Waals surface area contributed by atoms with Gasteiger partial charge in [0.05, 0.1) is 17.5 Å². The Bertz CT molecular complexity index is 1160. The number of hydrogen-bond donors (Lipinski definition) is 2. The molecule has 32 heavy (non-hydrogen) atoms. The monoisotopic (exact) mass is 495 g/mol. The minimum absolute atomic E-state index is 0.0683. The Kier molecular flexibility index (Phi) is 6.84. The molecule has 13 heteroatoms. The molecule has 3 aromatic rings. The largest absolute Gasteiger partial charge is 0.352 e. The first-order valence-corrected chi connectivity index (χ1v) is 12.0. The molecule has 0 aliphatic carbocycles. The van der Waals surface area contributed by atoms with Crippen LogP contribution in [0.3, 0.4) is 0 Å². The first-order valence-electron chi connectivity index (χ1n) is 9.96. The van der Waals surface area contributed by atoms with Crippen LogP contribution in [-0.2, 0) is 16.1 Å². The van der Waals surface area contributed by atoms with E-state index in [0.29, 0.717) is 46.3 Å². The van der Waals surface area contributed by atoms with Crippen molar-refractivity contribution in [3.63, 3.8) is 0 Å². The highest BCUT2D eigenvalue weighted by molar-refractivity contribution is 8.00. The number of piperazine rings is 1. The minimum Gasteiger partial charge on any atom is -0.352 e. The molecule has 170 valence electrons. The van der Waals surface area contributed by atoms with Gasteiger partial charge >= 0.3 is 0 Å². The number of nitrogens with one attached hydrogen (secondary N) is 2. The summed E-state index contributed by atoms with van der Waals surface area (Å²) in [5, 5.41) is 3.55. The van der Waals surface area contributed by atoms with Crippen molar-refractivity contribution in [3.8, 4) is 0 Å². The lowest BCUT2D eigenvalue weighted by atomic mass is 10.2. The summed E-state index contributed by atoms with van der Waals surface area (Å²) in [5.41, 5.74) is 4.07. The number of nitrogens with zero attached hydrogens (tertiary/aromatic N) is 5. The van der Waals surface area contributed by atoms with E-state index in [0.717, 1.165) is 23.3 Å². The number of rotatable bonds is 6. The van der Waals surface area contributed by atoms with E-state index in [1.807, 2.05) is 11.8 Å². The Balaban J connectivity index is 1.67. The van der Waals surface area contributed by atoms with Crippen molar-refractivity contribution in [2.75, 3.05) is 38.2 Å². The number of thiazole rings is 1. The standard InChI is InChI=1S/C19H22ClN7O3S2/c1-4-11-14(20)13-15(21-11)23-18(32-19-22-12(9-31-19)17(29)25-30-3)24-16(13)27-7-5-26(6-8-27)10(2)28/h9H,4-8H2,1-3H3,(H,25,29)(H,21,23,24). The summed E-state index contributed by atoms with van der Waals surface area (Å²) in [5.74, 6) is 0.383. The van der Waals surface area contributed by atoms with Gasteiger partial charge in [-0.2, -0.15) is 0 Å². The van der Waals surface area contributed by atoms with Gasteiger partial charge in [0, 0.05) is 44.2 Å². The number of hydroxylamine groups is 1. The lowest BCUT2D eigenvalue weighted by molar-refractivity contribution is -0.129. The van der Waals surface area contributed by atoms with Crippen molar-refractivity contribution in [1.82, 2.24) is 30.3 Å². The van der Waals surface area contributed by atoms with Crippen LogP contribution in [0.4, 0.5) is 5.82 Å². The Morgan fingerprint density at radius 3 is 2.69 bits per heavy atom. The number of carbonyl (C=O) groups is 2. The van der Waals surface area contributed by atoms with Crippen molar-refractivity contribution in [3.05, 3.63) is 21.8 Å². The number of anilines is 1. The maximum Gasteiger partial charge on any atom is 0.294 e. The van der Waals surface area contributed by atoms with Crippen LogP contribution >= 0.6 is 34.7 Å². The summed E-state index contributed by atoms with van der Waals surface area (Å²) in [6, 6.07) is 0. The van der Waals surface area contributed by atoms with Crippen LogP contribution in [0.5, 0.6) is 0 Å². The number of carbonyl (C=O) groups excluding carboxylic acids is 2. The fraction of sp³-hybridized carbons (Fsp3) is 0.421. The Labute approximate surface area is 197 Å². The van der Waals surface area contributed by atoms with Crippen molar-refractivity contribution < 1.29 is 14.4 Å². The Morgan fingerprint density at radius 1 is 1.28 bits per heavy atom. The molecule has 0 radical (unpaired) electrons. The average molecular weight is 496 g/mol. The summed E-state index contributed by atoms with van der Waals surface area (Å²) in [4.78, 5) is 49.3. The highest BCUT2D eigenvalue weighted by Gasteiger charge is 2.25. The van der Waals surface area contributed by atoms with Gasteiger partial charge in [0.15, 0.2) is 9.50 Å². The van der Waals surface area contributed by atoms with E-state index < -0.39 is 5.91 Å². The third kappa shape index (κ3) is 4.53. The van der Waals surface area contributed by atoms with Gasteiger partial charge in [-0.1, -0.05) is 18.5 Å². The van der Waals surface area contributed by atoms with Crippen molar-refractivity contribution in [2.24, 2.45) is 0 Å². The zero-order chi connectivity index (χ0) is 22.8. The third-order valence-electron chi connectivity index (χ3n) is 5.09. The lowest BCUT2D eigenvalue weighted by Crippen LogP contribution is -2.48. The third-order valence-corrected chi connectivity index (χ3v) is 7.31. The summed E-state index contributed by atoms with van der Waals surface area (Å²) < 4.78 is 0.631. The second kappa shape index (κ2) is 9.61. The second-order valence-corrected chi connectivity index (χ2v) is 9.50. The van der Waals surface area contributed by atoms with Crippen molar-refractivity contribution >= 4 is 63.4 Å². The number of hydrogen-bond acceptors (Lipinski definition) is 9. The van der Waals surface area contributed by atoms with Gasteiger partial charge in [0.25, 0.3) is 5.91 Å². The van der Waals surface area contributed by atoms with E-state index in [9.17, 15) is 9.59 Å². The summed E-state index contributed by atoms with van der Waals surface area (Å²) >= 11 is 9.26. The molecular formula is C19H22ClN7O3S2. The molecule has 2 N–H and O–H groups in total. The Morgan fingerprint density at radius 2 is 2.03 bits per heavy atom. The molecule has 10 nitrogen and oxygen atoms in total. The molecule has 0 unspecified atom stereocenters. The molecule has 3 aromatic heterocycles. The van der Waals surface area contributed by atoms with Crippen LogP contribution in [-0.4, -0.2) is 69.9 Å². The number of halogens is 1. The number of amides is 2. The normalized spacial score (nSPS) is 14.2. The van der Waals surface area contributed by atoms with Gasteiger partial charge in [0.2, 0.25) is 5.91 Å². The van der Waals surface area contributed by atoms with Gasteiger partial charge in [0.1, 0.15) is 17.2 Å². The van der Waals surface area contributed by atoms with E-state index >= 15 is 0 Å². The molecular weight excluding hydrogens is 474 g/mol. The van der Waals surface area contributed by atoms with E-state index in [4.69, 9.17) is 16.6 Å². The molecule has 0 aromatic carbocycles. The predicted molar refractivity (Wildman–Crippen MR) is 123 cm³/mol. The maximum atomic E-state index is 11.9. The molecule has 4 heterocycles. The molecule has 1 aliphatic heterocycles. The molecule has 0 bridgehead atoms. The van der Waals surface area contributed by atoms with Gasteiger partial charge in [-0.25, -0.2) is 20.4 Å². The van der Waals surface area contributed by atoms with Gasteiger partial charge in [-0.3, -0.25) is 14.4 Å². The van der Waals surface area contributed by atoms with Crippen LogP contribution < -0.4 is 10.4 Å². The number of fused-ring (bicyclic) bond motifs is 1. The molecule has 2 amide bonds. The quantitative estimate of drug-likeness (QED) is 0.396. The summed E-state index contributed by atoms with van der Waals surface area (Å²) in [7, 11) is 1.37. The molecule has 4 rings (SSSR count). The number of H-pyrrole nitrogens is 1. The molecule has 1 saturated heterocycles. The summed E-state index contributed by atoms with van der Waals surface area (Å²) in [6.07, 6.45) is 0.736. The van der Waals surface area contributed by atoms with Crippen LogP contribution in [0.25, 0.3) is 11.0 Å². The average Bonchev–Trinajstić information content (AvgIpc) is 3.38. The molecule has 0 atom stereocenters. The fourth-order valence-electron chi connectivity index (χ4n) is 3.45. The predicted octanol–water partition coefficient (Wildman–Crippen LogP) is 2.74. The van der Waals surface area contributed by atoms with Gasteiger partial charge in [-0.15, -0.1) is 11.3 Å². The van der Waals surface area contributed by atoms with E-state index in [1.165, 1.54) is 30.2 Å². The van der Waals surface area contributed by atoms with Gasteiger partial charge < -0.3 is 14.8 Å². The van der Waals surface area contributed by atoms with E-state index in [-0.39, 0.29) is 11.6 Å². The van der Waals surface area contributed by atoms with Crippen LogP contribution in [0.1, 0.15) is 30.0 Å². The number of aromatic amines is 1. The SMILES string of the molecule is CCc1[nH]c2nc(Sc3nc(C(=O)NOC)cs3)nc(N3CCN(C(C)=O)CC3)c2c1Cl. The highest BCUT2D eigenvalue weighted by atomic mass is 35.5. The van der Waals surface area contributed by atoms with E-state index in [2.05, 4.69) is 30.2 Å². The summed E-state index contributed by atoms with van der Waals surface area (Å²) in [6.45, 7) is 6.15. The second-order valence-electron chi connectivity index (χ2n) is 7.05. The molecule has 0 spiro atoms. The first kappa shape index (κ1) is 22.8.